The summed E-state index contributed by atoms with van der Waals surface area (Å²) in [5.74, 6) is 0.264. The molecule has 10 heavy (non-hydrogen) atoms. The van der Waals surface area contributed by atoms with E-state index in [0.29, 0.717) is 12.4 Å². The molecule has 2 rings (SSSR count). The second kappa shape index (κ2) is 1.94. The Hall–Kier alpha value is -1.12. The minimum atomic E-state index is -0.333. The highest BCUT2D eigenvalue weighted by molar-refractivity contribution is 5.30. The van der Waals surface area contributed by atoms with Gasteiger partial charge in [-0.1, -0.05) is 0 Å². The zero-order valence-corrected chi connectivity index (χ0v) is 5.30. The quantitative estimate of drug-likeness (QED) is 0.538. The summed E-state index contributed by atoms with van der Waals surface area (Å²) >= 11 is 0. The van der Waals surface area contributed by atoms with Gasteiger partial charge in [0.1, 0.15) is 11.6 Å². The molecule has 2 heterocycles. The zero-order chi connectivity index (χ0) is 6.97. The van der Waals surface area contributed by atoms with Gasteiger partial charge in [-0.25, -0.2) is 4.39 Å². The molecule has 0 atom stereocenters. The maximum absolute atomic E-state index is 12.4. The molecule has 0 bridgehead atoms. The molecule has 0 saturated carbocycles. The van der Waals surface area contributed by atoms with Crippen LogP contribution in [0.2, 0.25) is 0 Å². The van der Waals surface area contributed by atoms with Crippen LogP contribution >= 0.6 is 0 Å². The van der Waals surface area contributed by atoms with E-state index in [2.05, 4.69) is 4.98 Å². The van der Waals surface area contributed by atoms with Gasteiger partial charge in [-0.3, -0.25) is 4.98 Å². The van der Waals surface area contributed by atoms with Crippen molar-refractivity contribution < 1.29 is 9.13 Å². The predicted octanol–water partition coefficient (Wildman–Crippen LogP) is 1.16. The second-order valence-electron chi connectivity index (χ2n) is 2.20. The van der Waals surface area contributed by atoms with Gasteiger partial charge < -0.3 is 4.74 Å². The number of hydrogen-bond donors (Lipinski definition) is 0. The molecule has 0 amide bonds. The number of aromatic nitrogens is 1. The van der Waals surface area contributed by atoms with Crippen molar-refractivity contribution in [2.24, 2.45) is 0 Å². The fourth-order valence-electron chi connectivity index (χ4n) is 1.02. The second-order valence-corrected chi connectivity index (χ2v) is 2.20. The summed E-state index contributed by atoms with van der Waals surface area (Å²) in [6.45, 7) is 0.631. The number of fused-ring (bicyclic) bond motifs is 1. The Morgan fingerprint density at radius 3 is 3.40 bits per heavy atom. The molecule has 0 radical (unpaired) electrons. The van der Waals surface area contributed by atoms with Crippen LogP contribution in [-0.4, -0.2) is 11.6 Å². The van der Waals surface area contributed by atoms with E-state index in [0.717, 1.165) is 12.1 Å². The lowest BCUT2D eigenvalue weighted by Crippen LogP contribution is -1.86. The molecule has 0 aromatic carbocycles. The number of halogens is 1. The van der Waals surface area contributed by atoms with Crippen LogP contribution in [0.15, 0.2) is 12.3 Å². The van der Waals surface area contributed by atoms with Crippen molar-refractivity contribution in [2.45, 2.75) is 6.42 Å². The van der Waals surface area contributed by atoms with Gasteiger partial charge in [0, 0.05) is 12.5 Å². The first kappa shape index (κ1) is 5.65. The fourth-order valence-corrected chi connectivity index (χ4v) is 1.02. The molecular formula is C7H6FNO. The number of rotatable bonds is 0. The molecule has 1 aliphatic rings. The van der Waals surface area contributed by atoms with Gasteiger partial charge >= 0.3 is 0 Å². The number of pyridine rings is 1. The Labute approximate surface area is 57.7 Å². The van der Waals surface area contributed by atoms with Crippen LogP contribution in [0.3, 0.4) is 0 Å². The van der Waals surface area contributed by atoms with Gasteiger partial charge in [-0.05, 0) is 0 Å². The SMILES string of the molecule is Fc1cnc2c(c1)OCC2. The molecule has 0 saturated heterocycles. The summed E-state index contributed by atoms with van der Waals surface area (Å²) in [6, 6.07) is 1.37. The summed E-state index contributed by atoms with van der Waals surface area (Å²) in [6.07, 6.45) is 2.02. The smallest absolute Gasteiger partial charge is 0.145 e. The standard InChI is InChI=1S/C7H6FNO/c8-5-3-7-6(9-4-5)1-2-10-7/h3-4H,1-2H2. The van der Waals surface area contributed by atoms with Crippen LogP contribution < -0.4 is 4.74 Å². The van der Waals surface area contributed by atoms with Gasteiger partial charge in [-0.15, -0.1) is 0 Å². The van der Waals surface area contributed by atoms with Crippen molar-refractivity contribution in [3.63, 3.8) is 0 Å². The highest BCUT2D eigenvalue weighted by atomic mass is 19.1. The van der Waals surface area contributed by atoms with Gasteiger partial charge in [0.15, 0.2) is 0 Å². The van der Waals surface area contributed by atoms with Gasteiger partial charge in [0.2, 0.25) is 0 Å². The molecule has 0 spiro atoms. The average Bonchev–Trinajstić information content (AvgIpc) is 2.33. The van der Waals surface area contributed by atoms with Crippen molar-refractivity contribution in [3.8, 4) is 5.75 Å². The van der Waals surface area contributed by atoms with Crippen molar-refractivity contribution in [1.29, 1.82) is 0 Å². The molecule has 1 aromatic rings. The first-order valence-electron chi connectivity index (χ1n) is 3.13. The normalized spacial score (nSPS) is 14.5. The lowest BCUT2D eigenvalue weighted by Gasteiger charge is -1.95. The molecule has 0 aliphatic carbocycles. The monoisotopic (exact) mass is 139 g/mol. The summed E-state index contributed by atoms with van der Waals surface area (Å²) < 4.78 is 17.5. The van der Waals surface area contributed by atoms with Crippen LogP contribution in [0.1, 0.15) is 5.69 Å². The molecule has 0 fully saturated rings. The molecule has 52 valence electrons. The first-order valence-corrected chi connectivity index (χ1v) is 3.13. The van der Waals surface area contributed by atoms with E-state index in [4.69, 9.17) is 4.74 Å². The summed E-state index contributed by atoms with van der Waals surface area (Å²) in [7, 11) is 0. The third-order valence-corrected chi connectivity index (χ3v) is 1.49. The van der Waals surface area contributed by atoms with Crippen LogP contribution in [0.5, 0.6) is 5.75 Å². The number of hydrogen-bond acceptors (Lipinski definition) is 2. The summed E-state index contributed by atoms with van der Waals surface area (Å²) in [5.41, 5.74) is 0.862. The summed E-state index contributed by atoms with van der Waals surface area (Å²) in [5, 5.41) is 0. The summed E-state index contributed by atoms with van der Waals surface area (Å²) in [4.78, 5) is 3.86. The van der Waals surface area contributed by atoms with E-state index < -0.39 is 0 Å². The van der Waals surface area contributed by atoms with Gasteiger partial charge in [0.05, 0.1) is 18.5 Å². The molecule has 0 unspecified atom stereocenters. The van der Waals surface area contributed by atoms with E-state index >= 15 is 0 Å². The van der Waals surface area contributed by atoms with Crippen molar-refractivity contribution in [2.75, 3.05) is 6.61 Å². The molecule has 1 aliphatic heterocycles. The van der Waals surface area contributed by atoms with E-state index in [9.17, 15) is 4.39 Å². The van der Waals surface area contributed by atoms with Crippen molar-refractivity contribution >= 4 is 0 Å². The first-order chi connectivity index (χ1) is 4.86. The number of nitrogens with zero attached hydrogens (tertiary/aromatic N) is 1. The average molecular weight is 139 g/mol. The topological polar surface area (TPSA) is 22.1 Å². The van der Waals surface area contributed by atoms with Gasteiger partial charge in [-0.2, -0.15) is 0 Å². The third kappa shape index (κ3) is 0.744. The highest BCUT2D eigenvalue weighted by Gasteiger charge is 2.12. The maximum atomic E-state index is 12.4. The zero-order valence-electron chi connectivity index (χ0n) is 5.30. The van der Waals surface area contributed by atoms with Crippen LogP contribution in [0.25, 0.3) is 0 Å². The Morgan fingerprint density at radius 1 is 1.60 bits per heavy atom. The molecule has 1 aromatic heterocycles. The fraction of sp³-hybridized carbons (Fsp3) is 0.286. The Balaban J connectivity index is 2.52. The molecule has 2 nitrogen and oxygen atoms in total. The maximum Gasteiger partial charge on any atom is 0.145 e. The van der Waals surface area contributed by atoms with Crippen LogP contribution in [-0.2, 0) is 6.42 Å². The third-order valence-electron chi connectivity index (χ3n) is 1.49. The van der Waals surface area contributed by atoms with Gasteiger partial charge in [0.25, 0.3) is 0 Å². The molecule has 3 heteroatoms. The Bertz CT molecular complexity index is 262. The van der Waals surface area contributed by atoms with E-state index in [1.165, 1.54) is 12.3 Å². The molecule has 0 N–H and O–H groups in total. The minimum absolute atomic E-state index is 0.333. The Morgan fingerprint density at radius 2 is 2.50 bits per heavy atom. The number of ether oxygens (including phenoxy) is 1. The predicted molar refractivity (Wildman–Crippen MR) is 33.4 cm³/mol. The lowest BCUT2D eigenvalue weighted by molar-refractivity contribution is 0.355. The lowest BCUT2D eigenvalue weighted by atomic mass is 10.3. The van der Waals surface area contributed by atoms with Crippen LogP contribution in [0, 0.1) is 5.82 Å². The van der Waals surface area contributed by atoms with Crippen molar-refractivity contribution in [1.82, 2.24) is 4.98 Å². The Kier molecular flexibility index (Phi) is 1.09. The molecular weight excluding hydrogens is 133 g/mol. The van der Waals surface area contributed by atoms with E-state index in [1.807, 2.05) is 0 Å². The van der Waals surface area contributed by atoms with Crippen molar-refractivity contribution in [3.05, 3.63) is 23.8 Å². The van der Waals surface area contributed by atoms with E-state index in [1.54, 1.807) is 0 Å². The minimum Gasteiger partial charge on any atom is -0.491 e. The van der Waals surface area contributed by atoms with Crippen LogP contribution in [0.4, 0.5) is 4.39 Å². The highest BCUT2D eigenvalue weighted by Crippen LogP contribution is 2.22. The van der Waals surface area contributed by atoms with E-state index in [-0.39, 0.29) is 5.82 Å². The largest absolute Gasteiger partial charge is 0.491 e.